The Morgan fingerprint density at radius 2 is 1.78 bits per heavy atom. The molecule has 2 aromatic carbocycles. The Morgan fingerprint density at radius 1 is 1.09 bits per heavy atom. The molecule has 0 saturated heterocycles. The lowest BCUT2D eigenvalue weighted by Crippen LogP contribution is -2.12. The second kappa shape index (κ2) is 5.92. The van der Waals surface area contributed by atoms with Crippen molar-refractivity contribution >= 4 is 29.2 Å². The summed E-state index contributed by atoms with van der Waals surface area (Å²) in [6.45, 7) is 0. The fraction of sp³-hybridized carbons (Fsp3) is 0.118. The van der Waals surface area contributed by atoms with Crippen LogP contribution in [0.3, 0.4) is 0 Å². The molecule has 116 valence electrons. The molecule has 0 aliphatic carbocycles. The number of amides is 2. The zero-order chi connectivity index (χ0) is 16.4. The summed E-state index contributed by atoms with van der Waals surface area (Å²) >= 11 is 0. The first kappa shape index (κ1) is 14.8. The lowest BCUT2D eigenvalue weighted by molar-refractivity contribution is -0.115. The van der Waals surface area contributed by atoms with Crippen LogP contribution in [0, 0.1) is 0 Å². The largest absolute Gasteiger partial charge is 0.465 e. The molecule has 2 aromatic rings. The van der Waals surface area contributed by atoms with E-state index in [-0.39, 0.29) is 11.8 Å². The van der Waals surface area contributed by atoms with Crippen molar-refractivity contribution in [1.82, 2.24) is 0 Å². The summed E-state index contributed by atoms with van der Waals surface area (Å²) in [6.07, 6.45) is 0.312. The Bertz CT molecular complexity index is 797. The highest BCUT2D eigenvalue weighted by atomic mass is 16.5. The molecular weight excluding hydrogens is 296 g/mol. The normalized spacial score (nSPS) is 12.3. The van der Waals surface area contributed by atoms with Crippen LogP contribution in [0.25, 0.3) is 0 Å². The van der Waals surface area contributed by atoms with E-state index in [4.69, 9.17) is 0 Å². The lowest BCUT2D eigenvalue weighted by Gasteiger charge is -2.07. The molecule has 6 heteroatoms. The van der Waals surface area contributed by atoms with Gasteiger partial charge in [0.2, 0.25) is 5.91 Å². The Balaban J connectivity index is 1.73. The van der Waals surface area contributed by atoms with E-state index in [0.29, 0.717) is 23.2 Å². The first-order valence-electron chi connectivity index (χ1n) is 6.99. The number of hydrogen-bond donors (Lipinski definition) is 2. The number of benzene rings is 2. The zero-order valence-corrected chi connectivity index (χ0v) is 12.4. The molecule has 2 N–H and O–H groups in total. The van der Waals surface area contributed by atoms with Crippen LogP contribution in [0.15, 0.2) is 42.5 Å². The standard InChI is InChI=1S/C17H14N2O4/c1-23-17(22)11-4-2-10(3-5-11)16(21)18-13-6-7-14-12(8-13)9-15(20)19-14/h2-8H,9H2,1H3,(H,18,21)(H,19,20). The monoisotopic (exact) mass is 310 g/mol. The van der Waals surface area contributed by atoms with E-state index in [1.165, 1.54) is 19.2 Å². The Kier molecular flexibility index (Phi) is 3.80. The summed E-state index contributed by atoms with van der Waals surface area (Å²) in [7, 11) is 1.30. The lowest BCUT2D eigenvalue weighted by atomic mass is 10.1. The maximum absolute atomic E-state index is 12.2. The fourth-order valence-electron chi connectivity index (χ4n) is 2.39. The van der Waals surface area contributed by atoms with E-state index < -0.39 is 5.97 Å². The van der Waals surface area contributed by atoms with Gasteiger partial charge in [0.1, 0.15) is 0 Å². The number of nitrogens with one attached hydrogen (secondary N) is 2. The van der Waals surface area contributed by atoms with E-state index in [1.54, 1.807) is 30.3 Å². The molecule has 0 radical (unpaired) electrons. The van der Waals surface area contributed by atoms with Crippen molar-refractivity contribution in [3.8, 4) is 0 Å². The fourth-order valence-corrected chi connectivity index (χ4v) is 2.39. The molecule has 0 bridgehead atoms. The number of methoxy groups -OCH3 is 1. The number of esters is 1. The van der Waals surface area contributed by atoms with Crippen LogP contribution in [0.4, 0.5) is 11.4 Å². The average molecular weight is 310 g/mol. The molecule has 0 aromatic heterocycles. The van der Waals surface area contributed by atoms with Gasteiger partial charge in [-0.15, -0.1) is 0 Å². The molecule has 2 amide bonds. The zero-order valence-electron chi connectivity index (χ0n) is 12.4. The molecule has 6 nitrogen and oxygen atoms in total. The van der Waals surface area contributed by atoms with Gasteiger partial charge in [-0.25, -0.2) is 4.79 Å². The third-order valence-corrected chi connectivity index (χ3v) is 3.56. The van der Waals surface area contributed by atoms with Crippen molar-refractivity contribution in [3.05, 3.63) is 59.2 Å². The number of anilines is 2. The number of carbonyl (C=O) groups excluding carboxylic acids is 3. The third-order valence-electron chi connectivity index (χ3n) is 3.56. The molecule has 1 heterocycles. The second-order valence-electron chi connectivity index (χ2n) is 5.12. The highest BCUT2D eigenvalue weighted by Crippen LogP contribution is 2.26. The minimum absolute atomic E-state index is 0.0538. The van der Waals surface area contributed by atoms with Gasteiger partial charge in [0, 0.05) is 16.9 Å². The molecule has 1 aliphatic rings. The number of carbonyl (C=O) groups is 3. The van der Waals surface area contributed by atoms with Crippen molar-refractivity contribution in [2.45, 2.75) is 6.42 Å². The van der Waals surface area contributed by atoms with E-state index in [0.717, 1.165) is 11.3 Å². The quantitative estimate of drug-likeness (QED) is 0.851. The predicted octanol–water partition coefficient (Wildman–Crippen LogP) is 2.22. The average Bonchev–Trinajstić information content (AvgIpc) is 2.93. The summed E-state index contributed by atoms with van der Waals surface area (Å²) in [5.41, 5.74) is 3.05. The van der Waals surface area contributed by atoms with Crippen LogP contribution in [0.5, 0.6) is 0 Å². The van der Waals surface area contributed by atoms with Crippen molar-refractivity contribution in [2.75, 3.05) is 17.7 Å². The van der Waals surface area contributed by atoms with Crippen molar-refractivity contribution in [2.24, 2.45) is 0 Å². The smallest absolute Gasteiger partial charge is 0.337 e. The molecule has 3 rings (SSSR count). The highest BCUT2D eigenvalue weighted by Gasteiger charge is 2.18. The van der Waals surface area contributed by atoms with E-state index in [2.05, 4.69) is 15.4 Å². The second-order valence-corrected chi connectivity index (χ2v) is 5.12. The molecular formula is C17H14N2O4. The van der Waals surface area contributed by atoms with E-state index in [9.17, 15) is 14.4 Å². The Morgan fingerprint density at radius 3 is 2.48 bits per heavy atom. The number of rotatable bonds is 3. The maximum Gasteiger partial charge on any atom is 0.337 e. The van der Waals surface area contributed by atoms with Crippen LogP contribution in [-0.2, 0) is 16.0 Å². The summed E-state index contributed by atoms with van der Waals surface area (Å²) in [5.74, 6) is -0.798. The van der Waals surface area contributed by atoms with Crippen LogP contribution in [0.1, 0.15) is 26.3 Å². The van der Waals surface area contributed by atoms with Crippen LogP contribution in [0.2, 0.25) is 0 Å². The molecule has 0 atom stereocenters. The van der Waals surface area contributed by atoms with Gasteiger partial charge >= 0.3 is 5.97 Å². The maximum atomic E-state index is 12.2. The summed E-state index contributed by atoms with van der Waals surface area (Å²) in [4.78, 5) is 34.9. The Labute approximate surface area is 132 Å². The SMILES string of the molecule is COC(=O)c1ccc(C(=O)Nc2ccc3c(c2)CC(=O)N3)cc1. The first-order chi connectivity index (χ1) is 11.1. The molecule has 0 unspecified atom stereocenters. The molecule has 0 saturated carbocycles. The highest BCUT2D eigenvalue weighted by molar-refractivity contribution is 6.05. The van der Waals surface area contributed by atoms with E-state index in [1.807, 2.05) is 0 Å². The topological polar surface area (TPSA) is 84.5 Å². The molecule has 0 spiro atoms. The molecule has 0 fully saturated rings. The first-order valence-corrected chi connectivity index (χ1v) is 6.99. The van der Waals surface area contributed by atoms with Gasteiger partial charge in [-0.05, 0) is 48.0 Å². The summed E-state index contributed by atoms with van der Waals surface area (Å²) in [6, 6.07) is 11.4. The van der Waals surface area contributed by atoms with Gasteiger partial charge in [-0.1, -0.05) is 0 Å². The van der Waals surface area contributed by atoms with Crippen LogP contribution in [-0.4, -0.2) is 24.9 Å². The van der Waals surface area contributed by atoms with Gasteiger partial charge in [0.15, 0.2) is 0 Å². The van der Waals surface area contributed by atoms with E-state index >= 15 is 0 Å². The number of ether oxygens (including phenoxy) is 1. The van der Waals surface area contributed by atoms with Crippen molar-refractivity contribution in [3.63, 3.8) is 0 Å². The minimum Gasteiger partial charge on any atom is -0.465 e. The van der Waals surface area contributed by atoms with Crippen molar-refractivity contribution < 1.29 is 19.1 Å². The number of fused-ring (bicyclic) bond motifs is 1. The molecule has 1 aliphatic heterocycles. The van der Waals surface area contributed by atoms with Gasteiger partial charge in [0.05, 0.1) is 19.1 Å². The van der Waals surface area contributed by atoms with Gasteiger partial charge < -0.3 is 15.4 Å². The molecule has 23 heavy (non-hydrogen) atoms. The Hall–Kier alpha value is -3.15. The van der Waals surface area contributed by atoms with Crippen molar-refractivity contribution in [1.29, 1.82) is 0 Å². The summed E-state index contributed by atoms with van der Waals surface area (Å²) in [5, 5.41) is 5.51. The van der Waals surface area contributed by atoms with Gasteiger partial charge in [-0.3, -0.25) is 9.59 Å². The third kappa shape index (κ3) is 3.06. The summed E-state index contributed by atoms with van der Waals surface area (Å²) < 4.78 is 4.61. The van der Waals surface area contributed by atoms with Gasteiger partial charge in [-0.2, -0.15) is 0 Å². The van der Waals surface area contributed by atoms with Crippen LogP contribution < -0.4 is 10.6 Å². The predicted molar refractivity (Wildman–Crippen MR) is 84.5 cm³/mol. The van der Waals surface area contributed by atoms with Gasteiger partial charge in [0.25, 0.3) is 5.91 Å². The minimum atomic E-state index is -0.451. The van der Waals surface area contributed by atoms with Crippen LogP contribution >= 0.6 is 0 Å². The number of hydrogen-bond acceptors (Lipinski definition) is 4.